The predicted molar refractivity (Wildman–Crippen MR) is 110 cm³/mol. The summed E-state index contributed by atoms with van der Waals surface area (Å²) in [5.74, 6) is -0.160. The van der Waals surface area contributed by atoms with Crippen LogP contribution in [-0.4, -0.2) is 44.2 Å². The summed E-state index contributed by atoms with van der Waals surface area (Å²) >= 11 is 6.61. The lowest BCUT2D eigenvalue weighted by molar-refractivity contribution is -0.123. The minimum absolute atomic E-state index is 0.0381. The van der Waals surface area contributed by atoms with Crippen LogP contribution in [-0.2, 0) is 9.53 Å². The molecule has 2 saturated heterocycles. The van der Waals surface area contributed by atoms with Gasteiger partial charge in [-0.2, -0.15) is 0 Å². The van der Waals surface area contributed by atoms with E-state index in [9.17, 15) is 9.59 Å². The topological polar surface area (TPSA) is 67.3 Å². The molecule has 2 aliphatic heterocycles. The maximum atomic E-state index is 12.8. The highest BCUT2D eigenvalue weighted by atomic mass is 32.2. The van der Waals surface area contributed by atoms with Gasteiger partial charge in [0.25, 0.3) is 11.5 Å². The molecule has 0 aliphatic carbocycles. The zero-order chi connectivity index (χ0) is 19.0. The van der Waals surface area contributed by atoms with Crippen molar-refractivity contribution >= 4 is 40.3 Å². The molecule has 2 fully saturated rings. The van der Waals surface area contributed by atoms with E-state index in [4.69, 9.17) is 17.0 Å². The van der Waals surface area contributed by atoms with Crippen molar-refractivity contribution in [2.45, 2.75) is 25.9 Å². The Morgan fingerprint density at radius 1 is 1.33 bits per heavy atom. The van der Waals surface area contributed by atoms with Crippen molar-refractivity contribution in [3.05, 3.63) is 56.8 Å². The Morgan fingerprint density at radius 2 is 2.11 bits per heavy atom. The molecule has 0 unspecified atom stereocenters. The third-order valence-electron chi connectivity index (χ3n) is 4.69. The molecule has 1 amide bonds. The van der Waals surface area contributed by atoms with Crippen LogP contribution in [0.1, 0.15) is 24.1 Å². The Labute approximate surface area is 166 Å². The number of amides is 1. The number of carbonyl (C=O) groups excluding carboxylic acids is 1. The average Bonchev–Trinajstić information content (AvgIpc) is 3.35. The van der Waals surface area contributed by atoms with E-state index in [1.165, 1.54) is 16.4 Å². The minimum Gasteiger partial charge on any atom is -0.376 e. The molecule has 2 aliphatic rings. The molecule has 1 aromatic carbocycles. The van der Waals surface area contributed by atoms with Crippen LogP contribution >= 0.6 is 24.0 Å². The second-order valence-electron chi connectivity index (χ2n) is 6.55. The van der Waals surface area contributed by atoms with Gasteiger partial charge in [0.15, 0.2) is 0 Å². The number of H-pyrrole nitrogens is 1. The smallest absolute Gasteiger partial charge is 0.278 e. The Bertz CT molecular complexity index is 972. The van der Waals surface area contributed by atoms with E-state index >= 15 is 0 Å². The number of ether oxygens (including phenoxy) is 1. The van der Waals surface area contributed by atoms with E-state index in [1.54, 1.807) is 11.0 Å². The number of thiocarbonyl (C=S) groups is 1. The molecule has 0 radical (unpaired) electrons. The molecule has 0 bridgehead atoms. The number of thioether (sulfide) groups is 1. The molecule has 3 heterocycles. The quantitative estimate of drug-likeness (QED) is 0.630. The van der Waals surface area contributed by atoms with Crippen molar-refractivity contribution < 1.29 is 9.53 Å². The van der Waals surface area contributed by atoms with E-state index in [2.05, 4.69) is 5.10 Å². The number of para-hydroxylation sites is 1. The van der Waals surface area contributed by atoms with Crippen molar-refractivity contribution in [1.82, 2.24) is 14.7 Å². The number of nitrogens with one attached hydrogen (secondary N) is 1. The summed E-state index contributed by atoms with van der Waals surface area (Å²) in [5, 5.41) is 3.07. The van der Waals surface area contributed by atoms with Gasteiger partial charge in [0.05, 0.1) is 28.8 Å². The summed E-state index contributed by atoms with van der Waals surface area (Å²) in [6.45, 7) is 3.03. The van der Waals surface area contributed by atoms with Gasteiger partial charge >= 0.3 is 0 Å². The first-order chi connectivity index (χ1) is 13.0. The fourth-order valence-corrected chi connectivity index (χ4v) is 4.53. The van der Waals surface area contributed by atoms with Gasteiger partial charge in [-0.25, -0.2) is 4.68 Å². The van der Waals surface area contributed by atoms with E-state index < -0.39 is 0 Å². The summed E-state index contributed by atoms with van der Waals surface area (Å²) in [5.41, 5.74) is 1.73. The molecule has 0 saturated carbocycles. The Hall–Kier alpha value is -2.16. The fourth-order valence-electron chi connectivity index (χ4n) is 3.27. The lowest BCUT2D eigenvalue weighted by Gasteiger charge is -2.18. The van der Waals surface area contributed by atoms with Crippen LogP contribution in [0.4, 0.5) is 0 Å². The third kappa shape index (κ3) is 3.52. The SMILES string of the molecule is Cc1[nH]n(-c2ccccc2)c(=O)c1/C=C1\SC(=S)N(C[C@H]2CCCO2)C1=O. The molecule has 2 aromatic rings. The summed E-state index contributed by atoms with van der Waals surface area (Å²) in [6, 6.07) is 9.33. The summed E-state index contributed by atoms with van der Waals surface area (Å²) < 4.78 is 7.61. The van der Waals surface area contributed by atoms with Gasteiger partial charge in [0, 0.05) is 12.3 Å². The third-order valence-corrected chi connectivity index (χ3v) is 6.07. The Kier molecular flexibility index (Phi) is 5.03. The van der Waals surface area contributed by atoms with Crippen LogP contribution in [0.25, 0.3) is 11.8 Å². The van der Waals surface area contributed by atoms with Crippen LogP contribution in [0.5, 0.6) is 0 Å². The number of hydrogen-bond donors (Lipinski definition) is 1. The largest absolute Gasteiger partial charge is 0.376 e. The molecule has 6 nitrogen and oxygen atoms in total. The van der Waals surface area contributed by atoms with Gasteiger partial charge in [0.2, 0.25) is 0 Å². The predicted octanol–water partition coefficient (Wildman–Crippen LogP) is 2.85. The molecule has 4 rings (SSSR count). The molecule has 1 atom stereocenters. The molecular formula is C19H19N3O3S2. The minimum atomic E-state index is -0.192. The van der Waals surface area contributed by atoms with Crippen molar-refractivity contribution in [2.24, 2.45) is 0 Å². The average molecular weight is 402 g/mol. The highest BCUT2D eigenvalue weighted by molar-refractivity contribution is 8.26. The molecule has 0 spiro atoms. The summed E-state index contributed by atoms with van der Waals surface area (Å²) in [7, 11) is 0. The van der Waals surface area contributed by atoms with Crippen molar-refractivity contribution in [3.63, 3.8) is 0 Å². The number of hydrogen-bond acceptors (Lipinski definition) is 5. The van der Waals surface area contributed by atoms with E-state index in [0.717, 1.165) is 25.1 Å². The first kappa shape index (κ1) is 18.2. The van der Waals surface area contributed by atoms with Gasteiger partial charge in [-0.05, 0) is 38.0 Å². The standard InChI is InChI=1S/C19H19N3O3S2/c1-12-15(17(23)22(20-12)13-6-3-2-4-7-13)10-16-18(24)21(19(26)27-16)11-14-8-5-9-25-14/h2-4,6-7,10,14,20H,5,8-9,11H2,1H3/b16-10-/t14-/m1/s1. The highest BCUT2D eigenvalue weighted by Gasteiger charge is 2.35. The second kappa shape index (κ2) is 7.46. The maximum Gasteiger partial charge on any atom is 0.278 e. The number of aryl methyl sites for hydroxylation is 1. The highest BCUT2D eigenvalue weighted by Crippen LogP contribution is 2.33. The van der Waals surface area contributed by atoms with Crippen molar-refractivity contribution in [3.8, 4) is 5.69 Å². The number of carbonyl (C=O) groups is 1. The molecule has 27 heavy (non-hydrogen) atoms. The number of nitrogens with zero attached hydrogens (tertiary/aromatic N) is 2. The number of aromatic nitrogens is 2. The van der Waals surface area contributed by atoms with Gasteiger partial charge in [0.1, 0.15) is 4.32 Å². The van der Waals surface area contributed by atoms with Gasteiger partial charge < -0.3 is 4.74 Å². The maximum absolute atomic E-state index is 12.8. The molecule has 140 valence electrons. The number of aromatic amines is 1. The second-order valence-corrected chi connectivity index (χ2v) is 8.23. The van der Waals surface area contributed by atoms with E-state index in [1.807, 2.05) is 37.3 Å². The van der Waals surface area contributed by atoms with Crippen LogP contribution in [0.2, 0.25) is 0 Å². The fraction of sp³-hybridized carbons (Fsp3) is 0.316. The van der Waals surface area contributed by atoms with Crippen LogP contribution in [0.15, 0.2) is 40.0 Å². The van der Waals surface area contributed by atoms with Crippen LogP contribution in [0.3, 0.4) is 0 Å². The lowest BCUT2D eigenvalue weighted by Crippen LogP contribution is -2.35. The Morgan fingerprint density at radius 3 is 2.81 bits per heavy atom. The molecule has 1 aromatic heterocycles. The zero-order valence-electron chi connectivity index (χ0n) is 14.8. The molecule has 8 heteroatoms. The van der Waals surface area contributed by atoms with Crippen molar-refractivity contribution in [2.75, 3.05) is 13.2 Å². The number of benzene rings is 1. The van der Waals surface area contributed by atoms with Crippen molar-refractivity contribution in [1.29, 1.82) is 0 Å². The molecule has 1 N–H and O–H groups in total. The molecular weight excluding hydrogens is 382 g/mol. The number of rotatable bonds is 4. The first-order valence-electron chi connectivity index (χ1n) is 8.78. The van der Waals surface area contributed by atoms with Gasteiger partial charge in [-0.15, -0.1) is 0 Å². The monoisotopic (exact) mass is 401 g/mol. The van der Waals surface area contributed by atoms with Gasteiger partial charge in [-0.1, -0.05) is 42.2 Å². The lowest BCUT2D eigenvalue weighted by atomic mass is 10.2. The van der Waals surface area contributed by atoms with Crippen LogP contribution < -0.4 is 5.56 Å². The first-order valence-corrected chi connectivity index (χ1v) is 10.0. The van der Waals surface area contributed by atoms with Gasteiger partial charge in [-0.3, -0.25) is 19.6 Å². The zero-order valence-corrected chi connectivity index (χ0v) is 16.4. The Balaban J connectivity index is 1.62. The normalized spacial score (nSPS) is 21.6. The van der Waals surface area contributed by atoms with E-state index in [-0.39, 0.29) is 17.6 Å². The summed E-state index contributed by atoms with van der Waals surface area (Å²) in [6.07, 6.45) is 3.63. The van der Waals surface area contributed by atoms with E-state index in [0.29, 0.717) is 27.0 Å². The van der Waals surface area contributed by atoms with Crippen LogP contribution in [0, 0.1) is 6.92 Å². The summed E-state index contributed by atoms with van der Waals surface area (Å²) in [4.78, 5) is 27.7.